The Kier molecular flexibility index (Phi) is 6.11. The monoisotopic (exact) mass is 270 g/mol. The highest BCUT2D eigenvalue weighted by Crippen LogP contribution is 2.26. The van der Waals surface area contributed by atoms with Gasteiger partial charge in [-0.2, -0.15) is 0 Å². The topological polar surface area (TPSA) is 44.8 Å². The highest BCUT2D eigenvalue weighted by atomic mass is 17.2. The van der Waals surface area contributed by atoms with Crippen molar-refractivity contribution in [1.82, 2.24) is 0 Å². The van der Waals surface area contributed by atoms with Crippen molar-refractivity contribution in [2.45, 2.75) is 76.9 Å². The summed E-state index contributed by atoms with van der Waals surface area (Å²) < 4.78 is 5.20. The minimum atomic E-state index is -0.182. The van der Waals surface area contributed by atoms with Gasteiger partial charge in [0.1, 0.15) is 6.10 Å². The fourth-order valence-electron chi connectivity index (χ4n) is 3.07. The standard InChI is InChI=1S/C15H26O4/c1-12(16)18-14-7-9-15(10-8-14)19-17-11-13-5-3-2-4-6-13/h13-15H,2-11H2,1H3. The average Bonchev–Trinajstić information content (AvgIpc) is 2.41. The Balaban J connectivity index is 1.54. The van der Waals surface area contributed by atoms with Crippen LogP contribution in [0.5, 0.6) is 0 Å². The van der Waals surface area contributed by atoms with Gasteiger partial charge in [0.25, 0.3) is 0 Å². The van der Waals surface area contributed by atoms with Gasteiger partial charge in [0.05, 0.1) is 12.7 Å². The van der Waals surface area contributed by atoms with Crippen molar-refractivity contribution in [3.05, 3.63) is 0 Å². The summed E-state index contributed by atoms with van der Waals surface area (Å²) >= 11 is 0. The molecule has 2 rings (SSSR count). The molecule has 0 atom stereocenters. The van der Waals surface area contributed by atoms with E-state index in [2.05, 4.69) is 0 Å². The van der Waals surface area contributed by atoms with Gasteiger partial charge in [0, 0.05) is 6.92 Å². The molecular formula is C15H26O4. The number of carbonyl (C=O) groups is 1. The van der Waals surface area contributed by atoms with E-state index in [1.54, 1.807) is 0 Å². The number of hydrogen-bond donors (Lipinski definition) is 0. The minimum absolute atomic E-state index is 0.0793. The van der Waals surface area contributed by atoms with Gasteiger partial charge in [-0.1, -0.05) is 19.3 Å². The maximum absolute atomic E-state index is 10.9. The maximum Gasteiger partial charge on any atom is 0.302 e. The van der Waals surface area contributed by atoms with Crippen molar-refractivity contribution in [2.24, 2.45) is 5.92 Å². The van der Waals surface area contributed by atoms with E-state index in [0.29, 0.717) is 5.92 Å². The molecule has 2 fully saturated rings. The van der Waals surface area contributed by atoms with Crippen LogP contribution in [-0.4, -0.2) is 24.8 Å². The lowest BCUT2D eigenvalue weighted by atomic mass is 9.90. The molecule has 4 nitrogen and oxygen atoms in total. The third-order valence-electron chi connectivity index (χ3n) is 4.19. The van der Waals surface area contributed by atoms with E-state index in [0.717, 1.165) is 32.3 Å². The highest BCUT2D eigenvalue weighted by molar-refractivity contribution is 5.66. The highest BCUT2D eigenvalue weighted by Gasteiger charge is 2.24. The molecule has 0 aromatic carbocycles. The molecule has 0 amide bonds. The van der Waals surface area contributed by atoms with Crippen LogP contribution in [-0.2, 0) is 19.3 Å². The maximum atomic E-state index is 10.9. The predicted molar refractivity (Wildman–Crippen MR) is 71.4 cm³/mol. The summed E-state index contributed by atoms with van der Waals surface area (Å²) in [7, 11) is 0. The normalized spacial score (nSPS) is 29.1. The predicted octanol–water partition coefficient (Wildman–Crippen LogP) is 3.39. The van der Waals surface area contributed by atoms with Crippen LogP contribution < -0.4 is 0 Å². The zero-order valence-electron chi connectivity index (χ0n) is 11.9. The van der Waals surface area contributed by atoms with E-state index in [1.807, 2.05) is 0 Å². The molecule has 0 aliphatic heterocycles. The van der Waals surface area contributed by atoms with Gasteiger partial charge in [-0.15, -0.1) is 0 Å². The largest absolute Gasteiger partial charge is 0.463 e. The Bertz CT molecular complexity index is 265. The molecule has 0 unspecified atom stereocenters. The zero-order chi connectivity index (χ0) is 13.5. The zero-order valence-corrected chi connectivity index (χ0v) is 11.9. The van der Waals surface area contributed by atoms with Crippen LogP contribution in [0.1, 0.15) is 64.7 Å². The van der Waals surface area contributed by atoms with Gasteiger partial charge < -0.3 is 4.74 Å². The number of carbonyl (C=O) groups excluding carboxylic acids is 1. The van der Waals surface area contributed by atoms with Crippen molar-refractivity contribution in [3.8, 4) is 0 Å². The van der Waals surface area contributed by atoms with E-state index < -0.39 is 0 Å². The molecule has 0 aromatic rings. The van der Waals surface area contributed by atoms with Gasteiger partial charge in [-0.05, 0) is 44.4 Å². The Morgan fingerprint density at radius 1 is 0.947 bits per heavy atom. The summed E-state index contributed by atoms with van der Waals surface area (Å²) in [6.07, 6.45) is 10.5. The smallest absolute Gasteiger partial charge is 0.302 e. The number of esters is 1. The third kappa shape index (κ3) is 5.49. The van der Waals surface area contributed by atoms with Crippen LogP contribution in [0, 0.1) is 5.92 Å². The van der Waals surface area contributed by atoms with Gasteiger partial charge in [-0.3, -0.25) is 4.79 Å². The number of hydrogen-bond acceptors (Lipinski definition) is 4. The van der Waals surface area contributed by atoms with E-state index in [1.165, 1.54) is 39.0 Å². The molecule has 0 heterocycles. The van der Waals surface area contributed by atoms with Crippen LogP contribution in [0.2, 0.25) is 0 Å². The molecular weight excluding hydrogens is 244 g/mol. The average molecular weight is 270 g/mol. The summed E-state index contributed by atoms with van der Waals surface area (Å²) in [4.78, 5) is 21.8. The first-order chi connectivity index (χ1) is 9.24. The van der Waals surface area contributed by atoms with Crippen LogP contribution in [0.15, 0.2) is 0 Å². The molecule has 2 aliphatic rings. The summed E-state index contributed by atoms with van der Waals surface area (Å²) in [5.74, 6) is 0.504. The summed E-state index contributed by atoms with van der Waals surface area (Å²) in [5.41, 5.74) is 0. The molecule has 19 heavy (non-hydrogen) atoms. The fraction of sp³-hybridized carbons (Fsp3) is 0.933. The molecule has 0 N–H and O–H groups in total. The van der Waals surface area contributed by atoms with Crippen LogP contribution in [0.25, 0.3) is 0 Å². The lowest BCUT2D eigenvalue weighted by molar-refractivity contribution is -0.336. The van der Waals surface area contributed by atoms with Gasteiger partial charge in [0.15, 0.2) is 0 Å². The first-order valence-electron chi connectivity index (χ1n) is 7.69. The second-order valence-corrected chi connectivity index (χ2v) is 5.89. The first kappa shape index (κ1) is 14.8. The Labute approximate surface area is 115 Å². The molecule has 0 spiro atoms. The van der Waals surface area contributed by atoms with Gasteiger partial charge in [0.2, 0.25) is 0 Å². The second-order valence-electron chi connectivity index (χ2n) is 5.89. The van der Waals surface area contributed by atoms with Crippen molar-refractivity contribution in [3.63, 3.8) is 0 Å². The Morgan fingerprint density at radius 2 is 1.58 bits per heavy atom. The van der Waals surface area contributed by atoms with Crippen LogP contribution in [0.4, 0.5) is 0 Å². The number of rotatable bonds is 5. The summed E-state index contributed by atoms with van der Waals surface area (Å²) in [5, 5.41) is 0. The van der Waals surface area contributed by atoms with Crippen molar-refractivity contribution < 1.29 is 19.3 Å². The molecule has 2 aliphatic carbocycles. The van der Waals surface area contributed by atoms with E-state index in [9.17, 15) is 4.79 Å². The first-order valence-corrected chi connectivity index (χ1v) is 7.69. The molecule has 0 radical (unpaired) electrons. The SMILES string of the molecule is CC(=O)OC1CCC(OOCC2CCCCC2)CC1. The van der Waals surface area contributed by atoms with Crippen molar-refractivity contribution in [2.75, 3.05) is 6.61 Å². The minimum Gasteiger partial charge on any atom is -0.463 e. The van der Waals surface area contributed by atoms with E-state index in [4.69, 9.17) is 14.5 Å². The van der Waals surface area contributed by atoms with E-state index >= 15 is 0 Å². The lowest BCUT2D eigenvalue weighted by Gasteiger charge is -2.28. The Morgan fingerprint density at radius 3 is 2.21 bits per heavy atom. The van der Waals surface area contributed by atoms with E-state index in [-0.39, 0.29) is 18.2 Å². The Hall–Kier alpha value is -0.610. The van der Waals surface area contributed by atoms with Crippen LogP contribution >= 0.6 is 0 Å². The van der Waals surface area contributed by atoms with Crippen LogP contribution in [0.3, 0.4) is 0 Å². The molecule has 0 aromatic heterocycles. The number of ether oxygens (including phenoxy) is 1. The second kappa shape index (κ2) is 7.85. The summed E-state index contributed by atoms with van der Waals surface area (Å²) in [6.45, 7) is 2.21. The quantitative estimate of drug-likeness (QED) is 0.436. The fourth-order valence-corrected chi connectivity index (χ4v) is 3.07. The van der Waals surface area contributed by atoms with Crippen molar-refractivity contribution >= 4 is 5.97 Å². The molecule has 0 bridgehead atoms. The molecule has 2 saturated carbocycles. The van der Waals surface area contributed by atoms with Crippen molar-refractivity contribution in [1.29, 1.82) is 0 Å². The van der Waals surface area contributed by atoms with Gasteiger partial charge >= 0.3 is 5.97 Å². The summed E-state index contributed by atoms with van der Waals surface area (Å²) in [6, 6.07) is 0. The molecule has 0 saturated heterocycles. The lowest BCUT2D eigenvalue weighted by Crippen LogP contribution is -2.28. The van der Waals surface area contributed by atoms with Gasteiger partial charge in [-0.25, -0.2) is 9.78 Å². The molecule has 110 valence electrons. The molecule has 4 heteroatoms. The third-order valence-corrected chi connectivity index (χ3v) is 4.19.